The average molecular weight is 174 g/mol. The van der Waals surface area contributed by atoms with Crippen molar-refractivity contribution in [1.82, 2.24) is 5.32 Å². The second-order valence-corrected chi connectivity index (χ2v) is 3.87. The first-order chi connectivity index (χ1) is 5.29. The molecular formula is C8H22N4. The highest BCUT2D eigenvalue weighted by Crippen LogP contribution is 2.16. The molecule has 0 heterocycles. The van der Waals surface area contributed by atoms with Crippen molar-refractivity contribution in [3.05, 3.63) is 0 Å². The third kappa shape index (κ3) is 34.9. The van der Waals surface area contributed by atoms with Crippen molar-refractivity contribution in [2.75, 3.05) is 13.6 Å². The Kier molecular flexibility index (Phi) is 7.94. The van der Waals surface area contributed by atoms with Crippen LogP contribution < -0.4 is 16.8 Å². The predicted octanol–water partition coefficient (Wildman–Crippen LogP) is 0.481. The monoisotopic (exact) mass is 174 g/mol. The van der Waals surface area contributed by atoms with E-state index in [0.717, 1.165) is 6.54 Å². The molecular weight excluding hydrogens is 152 g/mol. The molecule has 0 aromatic carbocycles. The molecule has 0 aliphatic rings. The molecule has 4 heteroatoms. The lowest BCUT2D eigenvalue weighted by Crippen LogP contribution is -2.20. The summed E-state index contributed by atoms with van der Waals surface area (Å²) in [7, 11) is 1.99. The summed E-state index contributed by atoms with van der Waals surface area (Å²) in [5.74, 6) is -0.333. The van der Waals surface area contributed by atoms with E-state index >= 15 is 0 Å². The van der Waals surface area contributed by atoms with Crippen molar-refractivity contribution < 1.29 is 0 Å². The third-order valence-corrected chi connectivity index (χ3v) is 1.12. The Balaban J connectivity index is 0. The van der Waals surface area contributed by atoms with Gasteiger partial charge in [0.1, 0.15) is 0 Å². The van der Waals surface area contributed by atoms with Gasteiger partial charge < -0.3 is 16.8 Å². The van der Waals surface area contributed by atoms with E-state index in [1.165, 1.54) is 6.42 Å². The Morgan fingerprint density at radius 1 is 1.33 bits per heavy atom. The minimum Gasteiger partial charge on any atom is -0.370 e. The van der Waals surface area contributed by atoms with E-state index in [4.69, 9.17) is 5.41 Å². The Labute approximate surface area is 75.2 Å². The summed E-state index contributed by atoms with van der Waals surface area (Å²) >= 11 is 0. The lowest BCUT2D eigenvalue weighted by molar-refractivity contribution is 0.373. The molecule has 0 saturated heterocycles. The summed E-state index contributed by atoms with van der Waals surface area (Å²) in [6.45, 7) is 7.89. The van der Waals surface area contributed by atoms with E-state index in [0.29, 0.717) is 5.41 Å². The van der Waals surface area contributed by atoms with Crippen LogP contribution in [0.15, 0.2) is 0 Å². The SMILES string of the molecule is CNCCC(C)(C)C.N=C(N)N. The molecule has 0 aromatic rings. The Morgan fingerprint density at radius 2 is 1.67 bits per heavy atom. The van der Waals surface area contributed by atoms with E-state index < -0.39 is 0 Å². The number of nitrogens with one attached hydrogen (secondary N) is 2. The maximum Gasteiger partial charge on any atom is 0.183 e. The van der Waals surface area contributed by atoms with E-state index in [9.17, 15) is 0 Å². The zero-order valence-electron chi connectivity index (χ0n) is 8.57. The smallest absolute Gasteiger partial charge is 0.183 e. The van der Waals surface area contributed by atoms with E-state index in [1.54, 1.807) is 0 Å². The van der Waals surface area contributed by atoms with Gasteiger partial charge in [-0.05, 0) is 25.4 Å². The Bertz CT molecular complexity index is 111. The van der Waals surface area contributed by atoms with Crippen molar-refractivity contribution in [3.8, 4) is 0 Å². The summed E-state index contributed by atoms with van der Waals surface area (Å²) in [5, 5.41) is 9.18. The first-order valence-electron chi connectivity index (χ1n) is 4.03. The number of hydrogen-bond donors (Lipinski definition) is 4. The molecule has 0 aliphatic carbocycles. The third-order valence-electron chi connectivity index (χ3n) is 1.12. The molecule has 74 valence electrons. The molecule has 0 fully saturated rings. The highest BCUT2D eigenvalue weighted by atomic mass is 14.9. The zero-order chi connectivity index (χ0) is 10.2. The number of rotatable bonds is 2. The highest BCUT2D eigenvalue weighted by Gasteiger charge is 2.07. The zero-order valence-corrected chi connectivity index (χ0v) is 8.57. The fourth-order valence-electron chi connectivity index (χ4n) is 0.500. The molecule has 6 N–H and O–H groups in total. The minimum atomic E-state index is -0.333. The second-order valence-electron chi connectivity index (χ2n) is 3.87. The predicted molar refractivity (Wildman–Crippen MR) is 54.1 cm³/mol. The van der Waals surface area contributed by atoms with Crippen molar-refractivity contribution in [2.24, 2.45) is 16.9 Å². The van der Waals surface area contributed by atoms with Crippen LogP contribution in [0.25, 0.3) is 0 Å². The molecule has 0 aliphatic heterocycles. The van der Waals surface area contributed by atoms with Gasteiger partial charge in [0.2, 0.25) is 0 Å². The van der Waals surface area contributed by atoms with Crippen LogP contribution in [0.1, 0.15) is 27.2 Å². The Morgan fingerprint density at radius 3 is 1.75 bits per heavy atom. The van der Waals surface area contributed by atoms with Gasteiger partial charge in [0.25, 0.3) is 0 Å². The fraction of sp³-hybridized carbons (Fsp3) is 0.875. The summed E-state index contributed by atoms with van der Waals surface area (Å²) in [6, 6.07) is 0. The van der Waals surface area contributed by atoms with Gasteiger partial charge in [-0.1, -0.05) is 20.8 Å². The number of guanidine groups is 1. The molecule has 0 rings (SSSR count). The molecule has 0 atom stereocenters. The Hall–Kier alpha value is -0.770. The number of nitrogens with two attached hydrogens (primary N) is 2. The van der Waals surface area contributed by atoms with Crippen molar-refractivity contribution in [3.63, 3.8) is 0 Å². The van der Waals surface area contributed by atoms with E-state index in [-0.39, 0.29) is 5.96 Å². The summed E-state index contributed by atoms with van der Waals surface area (Å²) in [4.78, 5) is 0. The second kappa shape index (κ2) is 6.91. The molecule has 0 radical (unpaired) electrons. The van der Waals surface area contributed by atoms with Crippen LogP contribution in [0.2, 0.25) is 0 Å². The summed E-state index contributed by atoms with van der Waals surface area (Å²) < 4.78 is 0. The molecule has 12 heavy (non-hydrogen) atoms. The summed E-state index contributed by atoms with van der Waals surface area (Å²) in [5.41, 5.74) is 9.43. The van der Waals surface area contributed by atoms with Gasteiger partial charge in [0.15, 0.2) is 5.96 Å². The maximum atomic E-state index is 6.06. The van der Waals surface area contributed by atoms with Gasteiger partial charge in [-0.25, -0.2) is 0 Å². The lowest BCUT2D eigenvalue weighted by atomic mass is 9.92. The van der Waals surface area contributed by atoms with E-state index in [2.05, 4.69) is 37.6 Å². The summed E-state index contributed by atoms with van der Waals surface area (Å²) in [6.07, 6.45) is 1.25. The van der Waals surface area contributed by atoms with Crippen LogP contribution in [0.4, 0.5) is 0 Å². The maximum absolute atomic E-state index is 6.06. The molecule has 4 nitrogen and oxygen atoms in total. The highest BCUT2D eigenvalue weighted by molar-refractivity contribution is 5.71. The fourth-order valence-corrected chi connectivity index (χ4v) is 0.500. The largest absolute Gasteiger partial charge is 0.370 e. The van der Waals surface area contributed by atoms with Gasteiger partial charge in [0, 0.05) is 0 Å². The molecule has 0 spiro atoms. The first-order valence-corrected chi connectivity index (χ1v) is 4.03. The van der Waals surface area contributed by atoms with Gasteiger partial charge in [-0.15, -0.1) is 0 Å². The number of hydrogen-bond acceptors (Lipinski definition) is 2. The van der Waals surface area contributed by atoms with Gasteiger partial charge in [-0.2, -0.15) is 0 Å². The normalized spacial score (nSPS) is 10.0. The molecule has 0 amide bonds. The molecule has 0 bridgehead atoms. The standard InChI is InChI=1S/C7H17N.CH5N3/c1-7(2,3)5-6-8-4;2-1(3)4/h8H,5-6H2,1-4H3;(H5,2,3,4). The van der Waals surface area contributed by atoms with Crippen molar-refractivity contribution in [1.29, 1.82) is 5.41 Å². The van der Waals surface area contributed by atoms with Crippen molar-refractivity contribution >= 4 is 5.96 Å². The van der Waals surface area contributed by atoms with Crippen LogP contribution in [-0.2, 0) is 0 Å². The van der Waals surface area contributed by atoms with Crippen LogP contribution in [0.5, 0.6) is 0 Å². The average Bonchev–Trinajstić information content (AvgIpc) is 1.80. The van der Waals surface area contributed by atoms with Gasteiger partial charge in [-0.3, -0.25) is 5.41 Å². The van der Waals surface area contributed by atoms with E-state index in [1.807, 2.05) is 7.05 Å². The molecule has 0 saturated carbocycles. The molecule has 0 aromatic heterocycles. The quantitative estimate of drug-likeness (QED) is 0.363. The molecule has 0 unspecified atom stereocenters. The van der Waals surface area contributed by atoms with Gasteiger partial charge >= 0.3 is 0 Å². The topological polar surface area (TPSA) is 87.9 Å². The van der Waals surface area contributed by atoms with Gasteiger partial charge in [0.05, 0.1) is 0 Å². The van der Waals surface area contributed by atoms with Crippen LogP contribution in [0, 0.1) is 10.8 Å². The van der Waals surface area contributed by atoms with Crippen molar-refractivity contribution in [2.45, 2.75) is 27.2 Å². The van der Waals surface area contributed by atoms with Crippen LogP contribution >= 0.6 is 0 Å². The first kappa shape index (κ1) is 13.8. The van der Waals surface area contributed by atoms with Crippen LogP contribution in [-0.4, -0.2) is 19.6 Å². The van der Waals surface area contributed by atoms with Crippen LogP contribution in [0.3, 0.4) is 0 Å². The minimum absolute atomic E-state index is 0.333. The lowest BCUT2D eigenvalue weighted by Gasteiger charge is -2.16.